The minimum atomic E-state index is -1.13. The number of aromatic nitrogens is 1. The molecular formula is C15H13N3O3S. The van der Waals surface area contributed by atoms with Gasteiger partial charge < -0.3 is 10.4 Å². The first-order valence-electron chi connectivity index (χ1n) is 6.47. The van der Waals surface area contributed by atoms with Crippen molar-refractivity contribution >= 4 is 34.8 Å². The molecule has 112 valence electrons. The third-order valence-electron chi connectivity index (χ3n) is 2.86. The van der Waals surface area contributed by atoms with Crippen LogP contribution in [0.1, 0.15) is 6.92 Å². The van der Waals surface area contributed by atoms with Gasteiger partial charge in [0.1, 0.15) is 21.0 Å². The van der Waals surface area contributed by atoms with E-state index in [1.165, 1.54) is 4.57 Å². The maximum Gasteiger partial charge on any atom is 0.331 e. The van der Waals surface area contributed by atoms with Gasteiger partial charge in [0.25, 0.3) is 5.56 Å². The molecule has 0 spiro atoms. The Bertz CT molecular complexity index is 904. The van der Waals surface area contributed by atoms with Gasteiger partial charge in [0, 0.05) is 12.2 Å². The van der Waals surface area contributed by atoms with Crippen molar-refractivity contribution in [3.8, 4) is 6.07 Å². The number of nitriles is 1. The van der Waals surface area contributed by atoms with Gasteiger partial charge >= 0.3 is 5.97 Å². The van der Waals surface area contributed by atoms with Crippen LogP contribution in [-0.2, 0) is 11.3 Å². The highest BCUT2D eigenvalue weighted by molar-refractivity contribution is 7.07. The number of carboxylic acid groups (broad SMARTS) is 1. The van der Waals surface area contributed by atoms with Gasteiger partial charge in [0.15, 0.2) is 0 Å². The largest absolute Gasteiger partial charge is 0.478 e. The minimum absolute atomic E-state index is 0.105. The van der Waals surface area contributed by atoms with Crippen LogP contribution in [0.25, 0.3) is 11.8 Å². The zero-order chi connectivity index (χ0) is 16.1. The van der Waals surface area contributed by atoms with Crippen LogP contribution in [-0.4, -0.2) is 15.6 Å². The van der Waals surface area contributed by atoms with Gasteiger partial charge in [-0.25, -0.2) is 4.79 Å². The third kappa shape index (κ3) is 3.24. The Morgan fingerprint density at radius 2 is 2.14 bits per heavy atom. The molecule has 1 aromatic carbocycles. The first-order chi connectivity index (χ1) is 10.6. The summed E-state index contributed by atoms with van der Waals surface area (Å²) in [7, 11) is 0. The molecule has 7 heteroatoms. The number of carbonyl (C=O) groups is 1. The minimum Gasteiger partial charge on any atom is -0.478 e. The van der Waals surface area contributed by atoms with E-state index in [1.54, 1.807) is 31.2 Å². The summed E-state index contributed by atoms with van der Waals surface area (Å²) >= 11 is 0.983. The Balaban J connectivity index is 2.68. The Labute approximate surface area is 129 Å². The van der Waals surface area contributed by atoms with Gasteiger partial charge in [0.05, 0.1) is 6.08 Å². The molecule has 0 saturated carbocycles. The van der Waals surface area contributed by atoms with Crippen LogP contribution < -0.4 is 20.1 Å². The van der Waals surface area contributed by atoms with Crippen molar-refractivity contribution in [2.45, 2.75) is 13.5 Å². The van der Waals surface area contributed by atoms with E-state index in [-0.39, 0.29) is 15.8 Å². The predicted molar refractivity (Wildman–Crippen MR) is 84.7 cm³/mol. The van der Waals surface area contributed by atoms with Crippen molar-refractivity contribution in [2.24, 2.45) is 0 Å². The molecule has 0 radical (unpaired) electrons. The summed E-state index contributed by atoms with van der Waals surface area (Å²) in [6.07, 6.45) is 0.969. The highest BCUT2D eigenvalue weighted by Gasteiger charge is 2.09. The second kappa shape index (κ2) is 6.74. The average molecular weight is 315 g/mol. The molecule has 0 atom stereocenters. The van der Waals surface area contributed by atoms with E-state index in [0.717, 1.165) is 17.4 Å². The van der Waals surface area contributed by atoms with Crippen LogP contribution >= 0.6 is 11.3 Å². The number of nitrogens with zero attached hydrogens (tertiary/aromatic N) is 2. The van der Waals surface area contributed by atoms with Crippen molar-refractivity contribution in [1.29, 1.82) is 5.26 Å². The molecule has 2 N–H and O–H groups in total. The summed E-state index contributed by atoms with van der Waals surface area (Å²) in [5.41, 5.74) is 0.409. The monoisotopic (exact) mass is 315 g/mol. The van der Waals surface area contributed by atoms with Gasteiger partial charge in [-0.05, 0) is 19.1 Å². The number of hydrogen-bond acceptors (Lipinski definition) is 5. The fourth-order valence-electron chi connectivity index (χ4n) is 1.90. The molecule has 0 unspecified atom stereocenters. The number of aliphatic carboxylic acids is 1. The quantitative estimate of drug-likeness (QED) is 0.858. The SMILES string of the molecule is CCn1c(=O)/c(=C(/C#N)Nc2ccccc2)s/c1=C\C(=O)O. The molecule has 0 saturated heterocycles. The highest BCUT2D eigenvalue weighted by atomic mass is 32.1. The molecule has 22 heavy (non-hydrogen) atoms. The van der Waals surface area contributed by atoms with E-state index >= 15 is 0 Å². The topological polar surface area (TPSA) is 95.1 Å². The van der Waals surface area contributed by atoms with Crippen LogP contribution in [0.15, 0.2) is 35.1 Å². The Kier molecular flexibility index (Phi) is 4.76. The van der Waals surface area contributed by atoms with Crippen molar-refractivity contribution in [3.63, 3.8) is 0 Å². The second-order valence-corrected chi connectivity index (χ2v) is 5.31. The van der Waals surface area contributed by atoms with E-state index in [9.17, 15) is 14.9 Å². The zero-order valence-electron chi connectivity index (χ0n) is 11.7. The number of para-hydroxylation sites is 1. The summed E-state index contributed by atoms with van der Waals surface area (Å²) in [6, 6.07) is 11.0. The average Bonchev–Trinajstić information content (AvgIpc) is 2.81. The fourth-order valence-corrected chi connectivity index (χ4v) is 2.99. The number of hydrogen-bond donors (Lipinski definition) is 2. The van der Waals surface area contributed by atoms with Gasteiger partial charge in [-0.1, -0.05) is 18.2 Å². The first-order valence-corrected chi connectivity index (χ1v) is 7.29. The maximum atomic E-state index is 12.3. The summed E-state index contributed by atoms with van der Waals surface area (Å²) < 4.78 is 1.83. The lowest BCUT2D eigenvalue weighted by atomic mass is 10.3. The second-order valence-electron chi connectivity index (χ2n) is 4.28. The Hall–Kier alpha value is -2.85. The van der Waals surface area contributed by atoms with Crippen molar-refractivity contribution in [1.82, 2.24) is 4.57 Å². The molecule has 0 fully saturated rings. The molecule has 0 aliphatic heterocycles. The molecule has 6 nitrogen and oxygen atoms in total. The van der Waals surface area contributed by atoms with Crippen molar-refractivity contribution < 1.29 is 9.90 Å². The van der Waals surface area contributed by atoms with Crippen LogP contribution in [0.4, 0.5) is 5.69 Å². The predicted octanol–water partition coefficient (Wildman–Crippen LogP) is 0.539. The standard InChI is InChI=1S/C15H13N3O3S/c1-2-18-12(8-13(19)20)22-14(15(18)21)11(9-16)17-10-6-4-3-5-7-10/h3-8,17H,2H2,1H3,(H,19,20)/b12-8-,14-11+. The number of anilines is 1. The number of carboxylic acids is 1. The lowest BCUT2D eigenvalue weighted by Crippen LogP contribution is -2.32. The number of benzene rings is 1. The molecule has 2 aromatic rings. The lowest BCUT2D eigenvalue weighted by Gasteiger charge is -2.01. The van der Waals surface area contributed by atoms with Crippen molar-refractivity contribution in [3.05, 3.63) is 49.9 Å². The van der Waals surface area contributed by atoms with E-state index < -0.39 is 5.97 Å². The molecule has 1 heterocycles. The van der Waals surface area contributed by atoms with Crippen LogP contribution in [0.2, 0.25) is 0 Å². The molecule has 0 aliphatic carbocycles. The summed E-state index contributed by atoms with van der Waals surface area (Å²) in [5, 5.41) is 21.1. The van der Waals surface area contributed by atoms with Crippen molar-refractivity contribution in [2.75, 3.05) is 5.32 Å². The summed E-state index contributed by atoms with van der Waals surface area (Å²) in [5.74, 6) is -1.13. The van der Waals surface area contributed by atoms with Gasteiger partial charge in [-0.2, -0.15) is 5.26 Å². The maximum absolute atomic E-state index is 12.3. The summed E-state index contributed by atoms with van der Waals surface area (Å²) in [6.45, 7) is 2.08. The Morgan fingerprint density at radius 3 is 2.68 bits per heavy atom. The highest BCUT2D eigenvalue weighted by Crippen LogP contribution is 2.08. The van der Waals surface area contributed by atoms with E-state index in [4.69, 9.17) is 5.11 Å². The molecule has 1 aromatic heterocycles. The normalized spacial score (nSPS) is 12.6. The van der Waals surface area contributed by atoms with Crippen LogP contribution in [0.5, 0.6) is 0 Å². The van der Waals surface area contributed by atoms with Crippen LogP contribution in [0, 0.1) is 11.3 Å². The van der Waals surface area contributed by atoms with Crippen LogP contribution in [0.3, 0.4) is 0 Å². The van der Waals surface area contributed by atoms with E-state index in [1.807, 2.05) is 12.1 Å². The van der Waals surface area contributed by atoms with E-state index in [0.29, 0.717) is 16.9 Å². The van der Waals surface area contributed by atoms with Gasteiger partial charge in [0.2, 0.25) is 0 Å². The fraction of sp³-hybridized carbons (Fsp3) is 0.133. The summed E-state index contributed by atoms with van der Waals surface area (Å²) in [4.78, 5) is 23.2. The number of rotatable bonds is 4. The zero-order valence-corrected chi connectivity index (χ0v) is 12.6. The van der Waals surface area contributed by atoms with E-state index in [2.05, 4.69) is 5.32 Å². The molecule has 0 amide bonds. The van der Waals surface area contributed by atoms with Gasteiger partial charge in [-0.15, -0.1) is 11.3 Å². The number of thiazole rings is 1. The molecule has 0 aliphatic rings. The van der Waals surface area contributed by atoms with Gasteiger partial charge in [-0.3, -0.25) is 9.36 Å². The third-order valence-corrected chi connectivity index (χ3v) is 3.99. The first kappa shape index (κ1) is 15.5. The number of nitrogens with one attached hydrogen (secondary N) is 1. The molecular weight excluding hydrogens is 302 g/mol. The molecule has 0 bridgehead atoms. The molecule has 2 rings (SSSR count). The lowest BCUT2D eigenvalue weighted by molar-refractivity contribution is -0.129. The smallest absolute Gasteiger partial charge is 0.331 e. The Morgan fingerprint density at radius 1 is 1.45 bits per heavy atom.